The van der Waals surface area contributed by atoms with E-state index in [1.54, 1.807) is 19.2 Å². The van der Waals surface area contributed by atoms with E-state index >= 15 is 0 Å². The molecule has 0 amide bonds. The van der Waals surface area contributed by atoms with E-state index in [2.05, 4.69) is 4.90 Å². The van der Waals surface area contributed by atoms with E-state index in [1.807, 2.05) is 6.07 Å². The van der Waals surface area contributed by atoms with Gasteiger partial charge in [-0.25, -0.2) is 0 Å². The predicted octanol–water partition coefficient (Wildman–Crippen LogP) is 2.15. The highest BCUT2D eigenvalue weighted by atomic mass is 16.5. The molecule has 104 valence electrons. The van der Waals surface area contributed by atoms with Crippen LogP contribution in [0.3, 0.4) is 0 Å². The number of ether oxygens (including phenoxy) is 2. The van der Waals surface area contributed by atoms with Gasteiger partial charge in [-0.3, -0.25) is 4.90 Å². The molecule has 1 saturated carbocycles. The first-order valence-corrected chi connectivity index (χ1v) is 6.99. The van der Waals surface area contributed by atoms with Gasteiger partial charge < -0.3 is 14.6 Å². The molecule has 0 aromatic heterocycles. The van der Waals surface area contributed by atoms with Gasteiger partial charge in [0, 0.05) is 24.7 Å². The van der Waals surface area contributed by atoms with Crippen LogP contribution in [0.5, 0.6) is 11.5 Å². The van der Waals surface area contributed by atoms with Crippen molar-refractivity contribution in [3.8, 4) is 11.5 Å². The molecular weight excluding hydrogens is 242 g/mol. The lowest BCUT2D eigenvalue weighted by Crippen LogP contribution is -2.47. The molecule has 4 heteroatoms. The van der Waals surface area contributed by atoms with Gasteiger partial charge in [-0.2, -0.15) is 0 Å². The fourth-order valence-electron chi connectivity index (χ4n) is 3.24. The van der Waals surface area contributed by atoms with Crippen molar-refractivity contribution in [1.29, 1.82) is 0 Å². The van der Waals surface area contributed by atoms with Gasteiger partial charge >= 0.3 is 0 Å². The minimum Gasteiger partial charge on any atom is -0.508 e. The monoisotopic (exact) mass is 263 g/mol. The Balaban J connectivity index is 1.76. The number of benzene rings is 1. The Morgan fingerprint density at radius 1 is 1.42 bits per heavy atom. The maximum atomic E-state index is 9.99. The highest BCUT2D eigenvalue weighted by molar-refractivity contribution is 5.39. The smallest absolute Gasteiger partial charge is 0.120 e. The minimum absolute atomic E-state index is 0.349. The normalized spacial score (nSPS) is 27.2. The van der Waals surface area contributed by atoms with E-state index in [0.29, 0.717) is 17.9 Å². The number of hydrogen-bond acceptors (Lipinski definition) is 4. The summed E-state index contributed by atoms with van der Waals surface area (Å²) < 4.78 is 11.0. The Bertz CT molecular complexity index is 449. The third kappa shape index (κ3) is 2.55. The zero-order valence-electron chi connectivity index (χ0n) is 11.3. The Kier molecular flexibility index (Phi) is 3.62. The molecule has 1 saturated heterocycles. The average molecular weight is 263 g/mol. The summed E-state index contributed by atoms with van der Waals surface area (Å²) in [6, 6.07) is 5.94. The second-order valence-corrected chi connectivity index (χ2v) is 5.37. The SMILES string of the molecule is COc1ccc(O)c(CN2CCOC3CCCC32)c1. The van der Waals surface area contributed by atoms with Crippen LogP contribution in [0.2, 0.25) is 0 Å². The predicted molar refractivity (Wildman–Crippen MR) is 72.4 cm³/mol. The van der Waals surface area contributed by atoms with E-state index in [0.717, 1.165) is 31.0 Å². The largest absolute Gasteiger partial charge is 0.508 e. The second-order valence-electron chi connectivity index (χ2n) is 5.37. The summed E-state index contributed by atoms with van der Waals surface area (Å²) in [6.07, 6.45) is 4.01. The fraction of sp³-hybridized carbons (Fsp3) is 0.600. The van der Waals surface area contributed by atoms with Crippen molar-refractivity contribution in [1.82, 2.24) is 4.90 Å². The number of fused-ring (bicyclic) bond motifs is 1. The third-order valence-corrected chi connectivity index (χ3v) is 4.26. The molecule has 0 bridgehead atoms. The van der Waals surface area contributed by atoms with Crippen LogP contribution < -0.4 is 4.74 Å². The van der Waals surface area contributed by atoms with Gasteiger partial charge in [0.1, 0.15) is 11.5 Å². The van der Waals surface area contributed by atoms with E-state index in [9.17, 15) is 5.11 Å². The van der Waals surface area contributed by atoms with Crippen LogP contribution in [0.25, 0.3) is 0 Å². The minimum atomic E-state index is 0.349. The van der Waals surface area contributed by atoms with Gasteiger partial charge in [-0.1, -0.05) is 0 Å². The highest BCUT2D eigenvalue weighted by Gasteiger charge is 2.36. The second kappa shape index (κ2) is 5.39. The molecule has 1 aromatic carbocycles. The Morgan fingerprint density at radius 2 is 2.32 bits per heavy atom. The molecule has 0 spiro atoms. The van der Waals surface area contributed by atoms with E-state index in [1.165, 1.54) is 19.3 Å². The van der Waals surface area contributed by atoms with E-state index in [-0.39, 0.29) is 0 Å². The van der Waals surface area contributed by atoms with Crippen LogP contribution in [-0.4, -0.2) is 42.4 Å². The highest BCUT2D eigenvalue weighted by Crippen LogP contribution is 2.32. The number of nitrogens with zero attached hydrogens (tertiary/aromatic N) is 1. The first-order chi connectivity index (χ1) is 9.28. The molecule has 3 rings (SSSR count). The first-order valence-electron chi connectivity index (χ1n) is 6.99. The molecule has 1 aliphatic carbocycles. The maximum absolute atomic E-state index is 9.99. The molecule has 2 atom stereocenters. The number of rotatable bonds is 3. The lowest BCUT2D eigenvalue weighted by atomic mass is 10.1. The van der Waals surface area contributed by atoms with Gasteiger partial charge in [0.05, 0.1) is 19.8 Å². The summed E-state index contributed by atoms with van der Waals surface area (Å²) in [5.41, 5.74) is 0.937. The lowest BCUT2D eigenvalue weighted by molar-refractivity contribution is -0.0590. The van der Waals surface area contributed by atoms with Crippen LogP contribution in [-0.2, 0) is 11.3 Å². The number of aromatic hydroxyl groups is 1. The van der Waals surface area contributed by atoms with Crippen molar-refractivity contribution in [2.24, 2.45) is 0 Å². The van der Waals surface area contributed by atoms with Crippen molar-refractivity contribution in [2.45, 2.75) is 38.0 Å². The van der Waals surface area contributed by atoms with Crippen molar-refractivity contribution in [3.63, 3.8) is 0 Å². The van der Waals surface area contributed by atoms with Gasteiger partial charge in [-0.15, -0.1) is 0 Å². The lowest BCUT2D eigenvalue weighted by Gasteiger charge is -2.37. The van der Waals surface area contributed by atoms with Gasteiger partial charge in [-0.05, 0) is 37.5 Å². The Morgan fingerprint density at radius 3 is 3.16 bits per heavy atom. The summed E-state index contributed by atoms with van der Waals surface area (Å²) in [5.74, 6) is 1.14. The summed E-state index contributed by atoms with van der Waals surface area (Å²) in [6.45, 7) is 2.51. The summed E-state index contributed by atoms with van der Waals surface area (Å²) in [7, 11) is 1.65. The van der Waals surface area contributed by atoms with Crippen LogP contribution in [0, 0.1) is 0 Å². The maximum Gasteiger partial charge on any atom is 0.120 e. The number of phenols is 1. The summed E-state index contributed by atoms with van der Waals surface area (Å²) in [4.78, 5) is 2.44. The number of methoxy groups -OCH3 is 1. The summed E-state index contributed by atoms with van der Waals surface area (Å²) in [5, 5.41) is 9.99. The molecule has 1 heterocycles. The van der Waals surface area contributed by atoms with Crippen molar-refractivity contribution in [2.75, 3.05) is 20.3 Å². The number of hydrogen-bond donors (Lipinski definition) is 1. The number of morpholine rings is 1. The average Bonchev–Trinajstić information content (AvgIpc) is 2.90. The Labute approximate surface area is 113 Å². The van der Waals surface area contributed by atoms with Crippen LogP contribution >= 0.6 is 0 Å². The molecule has 2 unspecified atom stereocenters. The molecule has 1 aliphatic heterocycles. The van der Waals surface area contributed by atoms with Crippen molar-refractivity contribution >= 4 is 0 Å². The topological polar surface area (TPSA) is 41.9 Å². The zero-order chi connectivity index (χ0) is 13.2. The molecule has 4 nitrogen and oxygen atoms in total. The van der Waals surface area contributed by atoms with Gasteiger partial charge in [0.25, 0.3) is 0 Å². The first kappa shape index (κ1) is 12.8. The molecule has 1 aromatic rings. The van der Waals surface area contributed by atoms with Crippen molar-refractivity contribution in [3.05, 3.63) is 23.8 Å². The van der Waals surface area contributed by atoms with Crippen LogP contribution in [0.4, 0.5) is 0 Å². The standard InChI is InChI=1S/C15H21NO3/c1-18-12-5-6-14(17)11(9-12)10-16-7-8-19-15-4-2-3-13(15)16/h5-6,9,13,15,17H,2-4,7-8,10H2,1H3. The third-order valence-electron chi connectivity index (χ3n) is 4.26. The quantitative estimate of drug-likeness (QED) is 0.907. The van der Waals surface area contributed by atoms with E-state index in [4.69, 9.17) is 9.47 Å². The van der Waals surface area contributed by atoms with Crippen molar-refractivity contribution < 1.29 is 14.6 Å². The number of phenolic OH excluding ortho intramolecular Hbond substituents is 1. The van der Waals surface area contributed by atoms with Gasteiger partial charge in [0.15, 0.2) is 0 Å². The molecular formula is C15H21NO3. The Hall–Kier alpha value is -1.26. The van der Waals surface area contributed by atoms with E-state index < -0.39 is 0 Å². The van der Waals surface area contributed by atoms with Crippen LogP contribution in [0.15, 0.2) is 18.2 Å². The molecule has 2 fully saturated rings. The molecule has 0 radical (unpaired) electrons. The summed E-state index contributed by atoms with van der Waals surface area (Å²) >= 11 is 0. The molecule has 1 N–H and O–H groups in total. The fourth-order valence-corrected chi connectivity index (χ4v) is 3.24. The molecule has 2 aliphatic rings. The zero-order valence-corrected chi connectivity index (χ0v) is 11.3. The van der Waals surface area contributed by atoms with Gasteiger partial charge in [0.2, 0.25) is 0 Å². The molecule has 19 heavy (non-hydrogen) atoms. The van der Waals surface area contributed by atoms with Crippen LogP contribution in [0.1, 0.15) is 24.8 Å².